The van der Waals surface area contributed by atoms with Crippen LogP contribution in [0.3, 0.4) is 0 Å². The number of rotatable bonds is 7. The second-order valence-corrected chi connectivity index (χ2v) is 5.82. The minimum absolute atomic E-state index is 0.578. The van der Waals surface area contributed by atoms with E-state index in [4.69, 9.17) is 4.74 Å². The Hall–Kier alpha value is -0.380. The lowest BCUT2D eigenvalue weighted by Crippen LogP contribution is -2.44. The van der Waals surface area contributed by atoms with E-state index in [9.17, 15) is 0 Å². The third-order valence-corrected chi connectivity index (χ3v) is 3.91. The topological polar surface area (TPSA) is 24.5 Å². The van der Waals surface area contributed by atoms with Crippen LogP contribution in [0.4, 0.5) is 0 Å². The van der Waals surface area contributed by atoms with Gasteiger partial charge in [0.25, 0.3) is 0 Å². The van der Waals surface area contributed by atoms with Crippen LogP contribution in [0.1, 0.15) is 34.1 Å². The van der Waals surface area contributed by atoms with Crippen molar-refractivity contribution in [3.05, 3.63) is 11.6 Å². The van der Waals surface area contributed by atoms with Crippen molar-refractivity contribution in [3.63, 3.8) is 0 Å². The molecule has 0 aromatic carbocycles. The number of nitrogens with one attached hydrogen (secondary N) is 1. The first-order chi connectivity index (χ1) is 8.54. The van der Waals surface area contributed by atoms with Crippen molar-refractivity contribution in [2.24, 2.45) is 5.92 Å². The summed E-state index contributed by atoms with van der Waals surface area (Å²) in [6.07, 6.45) is 3.49. The highest BCUT2D eigenvalue weighted by Gasteiger charge is 2.21. The highest BCUT2D eigenvalue weighted by molar-refractivity contribution is 5.08. The highest BCUT2D eigenvalue weighted by Crippen LogP contribution is 2.17. The molecule has 1 aliphatic rings. The van der Waals surface area contributed by atoms with Crippen molar-refractivity contribution >= 4 is 0 Å². The van der Waals surface area contributed by atoms with Crippen molar-refractivity contribution < 1.29 is 4.74 Å². The normalized spacial score (nSPS) is 20.9. The molecule has 0 bridgehead atoms. The summed E-state index contributed by atoms with van der Waals surface area (Å²) in [7, 11) is 1.77. The summed E-state index contributed by atoms with van der Waals surface area (Å²) in [4.78, 5) is 2.58. The van der Waals surface area contributed by atoms with Gasteiger partial charge in [0, 0.05) is 32.3 Å². The van der Waals surface area contributed by atoms with Crippen LogP contribution in [0.25, 0.3) is 0 Å². The number of nitrogens with zero attached hydrogens (tertiary/aromatic N) is 1. The average Bonchev–Trinajstić information content (AvgIpc) is 2.36. The van der Waals surface area contributed by atoms with Gasteiger partial charge in [-0.3, -0.25) is 4.90 Å². The van der Waals surface area contributed by atoms with Crippen LogP contribution in [-0.4, -0.2) is 50.3 Å². The van der Waals surface area contributed by atoms with Gasteiger partial charge in [0.1, 0.15) is 0 Å². The second kappa shape index (κ2) is 7.93. The summed E-state index contributed by atoms with van der Waals surface area (Å²) in [6, 6.07) is 1.21. The Morgan fingerprint density at radius 3 is 2.56 bits per heavy atom. The van der Waals surface area contributed by atoms with Crippen LogP contribution in [0.15, 0.2) is 11.6 Å². The van der Waals surface area contributed by atoms with E-state index < -0.39 is 0 Å². The molecule has 3 heteroatoms. The van der Waals surface area contributed by atoms with Gasteiger partial charge in [0.2, 0.25) is 0 Å². The summed E-state index contributed by atoms with van der Waals surface area (Å²) in [5, 5.41) is 3.53. The van der Waals surface area contributed by atoms with Crippen LogP contribution < -0.4 is 5.32 Å². The van der Waals surface area contributed by atoms with E-state index in [1.165, 1.54) is 12.1 Å². The van der Waals surface area contributed by atoms with Gasteiger partial charge in [-0.15, -0.1) is 0 Å². The van der Waals surface area contributed by atoms with Gasteiger partial charge in [-0.05, 0) is 31.4 Å². The molecule has 0 aromatic heterocycles. The minimum Gasteiger partial charge on any atom is -0.380 e. The monoisotopic (exact) mass is 254 g/mol. The smallest absolute Gasteiger partial charge is 0.0673 e. The fraction of sp³-hybridized carbons (Fsp3) is 0.867. The van der Waals surface area contributed by atoms with Crippen molar-refractivity contribution in [1.82, 2.24) is 10.2 Å². The molecular weight excluding hydrogens is 224 g/mol. The zero-order valence-electron chi connectivity index (χ0n) is 12.7. The Bertz CT molecular complexity index is 263. The largest absolute Gasteiger partial charge is 0.380 e. The van der Waals surface area contributed by atoms with E-state index in [1.54, 1.807) is 7.11 Å². The van der Waals surface area contributed by atoms with Crippen molar-refractivity contribution in [2.45, 2.75) is 46.2 Å². The fourth-order valence-electron chi connectivity index (χ4n) is 2.37. The van der Waals surface area contributed by atoms with E-state index >= 15 is 0 Å². The van der Waals surface area contributed by atoms with Crippen LogP contribution in [0.5, 0.6) is 0 Å². The van der Waals surface area contributed by atoms with Crippen molar-refractivity contribution in [3.8, 4) is 0 Å². The highest BCUT2D eigenvalue weighted by atomic mass is 16.5. The van der Waals surface area contributed by atoms with Gasteiger partial charge in [-0.2, -0.15) is 0 Å². The summed E-state index contributed by atoms with van der Waals surface area (Å²) < 4.78 is 5.19. The maximum atomic E-state index is 5.19. The third-order valence-electron chi connectivity index (χ3n) is 3.91. The zero-order chi connectivity index (χ0) is 13.5. The molecule has 0 aliphatic carbocycles. The molecule has 0 radical (unpaired) electrons. The molecule has 1 rings (SSSR count). The summed E-state index contributed by atoms with van der Waals surface area (Å²) in [6.45, 7) is 13.2. The summed E-state index contributed by atoms with van der Waals surface area (Å²) >= 11 is 0. The Morgan fingerprint density at radius 1 is 1.33 bits per heavy atom. The first-order valence-electron chi connectivity index (χ1n) is 7.18. The van der Waals surface area contributed by atoms with Crippen LogP contribution in [0, 0.1) is 5.92 Å². The molecule has 3 nitrogen and oxygen atoms in total. The Balaban J connectivity index is 2.36. The van der Waals surface area contributed by atoms with Crippen LogP contribution in [0.2, 0.25) is 0 Å². The van der Waals surface area contributed by atoms with E-state index in [0.717, 1.165) is 26.1 Å². The van der Waals surface area contributed by atoms with Crippen molar-refractivity contribution in [2.75, 3.05) is 33.4 Å². The van der Waals surface area contributed by atoms with E-state index in [-0.39, 0.29) is 0 Å². The number of ether oxygens (including phenoxy) is 1. The quantitative estimate of drug-likeness (QED) is 0.706. The summed E-state index contributed by atoms with van der Waals surface area (Å²) in [5.74, 6) is 0.685. The Morgan fingerprint density at radius 2 is 2.06 bits per heavy atom. The minimum atomic E-state index is 0.578. The molecule has 0 amide bonds. The maximum absolute atomic E-state index is 5.19. The van der Waals surface area contributed by atoms with Gasteiger partial charge in [-0.1, -0.05) is 26.8 Å². The van der Waals surface area contributed by atoms with E-state index in [0.29, 0.717) is 18.0 Å². The fourth-order valence-corrected chi connectivity index (χ4v) is 2.37. The lowest BCUT2D eigenvalue weighted by atomic mass is 9.99. The molecular formula is C15H30N2O. The molecule has 0 spiro atoms. The number of methoxy groups -OCH3 is 1. The van der Waals surface area contributed by atoms with E-state index in [2.05, 4.69) is 44.0 Å². The molecule has 1 aliphatic heterocycles. The van der Waals surface area contributed by atoms with Crippen LogP contribution in [-0.2, 0) is 4.74 Å². The molecule has 0 saturated carbocycles. The molecule has 2 unspecified atom stereocenters. The number of hydrogen-bond acceptors (Lipinski definition) is 3. The Labute approximate surface area is 113 Å². The lowest BCUT2D eigenvalue weighted by Gasteiger charge is -2.35. The average molecular weight is 254 g/mol. The SMILES string of the molecule is COCC1=CCN(C(C)C(C)CNC(C)C)CC1. The third kappa shape index (κ3) is 5.09. The predicted molar refractivity (Wildman–Crippen MR) is 77.9 cm³/mol. The molecule has 0 aromatic rings. The number of hydrogen-bond donors (Lipinski definition) is 1. The second-order valence-electron chi connectivity index (χ2n) is 5.82. The molecule has 1 heterocycles. The molecule has 2 atom stereocenters. The van der Waals surface area contributed by atoms with Gasteiger partial charge >= 0.3 is 0 Å². The molecule has 0 saturated heterocycles. The van der Waals surface area contributed by atoms with Gasteiger partial charge in [-0.25, -0.2) is 0 Å². The van der Waals surface area contributed by atoms with Crippen LogP contribution >= 0.6 is 0 Å². The standard InChI is InChI=1S/C15H30N2O/c1-12(2)16-10-13(3)14(4)17-8-6-15(7-9-17)11-18-5/h6,12-14,16H,7-11H2,1-5H3. The van der Waals surface area contributed by atoms with Gasteiger partial charge < -0.3 is 10.1 Å². The van der Waals surface area contributed by atoms with Crippen molar-refractivity contribution in [1.29, 1.82) is 0 Å². The first-order valence-corrected chi connectivity index (χ1v) is 7.18. The zero-order valence-corrected chi connectivity index (χ0v) is 12.7. The first kappa shape index (κ1) is 15.7. The predicted octanol–water partition coefficient (Wildman–Crippen LogP) is 2.29. The summed E-state index contributed by atoms with van der Waals surface area (Å²) in [5.41, 5.74) is 1.45. The molecule has 0 fully saturated rings. The Kier molecular flexibility index (Phi) is 6.90. The van der Waals surface area contributed by atoms with Gasteiger partial charge in [0.05, 0.1) is 6.61 Å². The molecule has 18 heavy (non-hydrogen) atoms. The van der Waals surface area contributed by atoms with Gasteiger partial charge in [0.15, 0.2) is 0 Å². The lowest BCUT2D eigenvalue weighted by molar-refractivity contribution is 0.160. The molecule has 106 valence electrons. The maximum Gasteiger partial charge on any atom is 0.0673 e. The molecule has 1 N–H and O–H groups in total. The van der Waals surface area contributed by atoms with E-state index in [1.807, 2.05) is 0 Å².